The molecule has 34 heavy (non-hydrogen) atoms. The lowest BCUT2D eigenvalue weighted by molar-refractivity contribution is -0.141. The van der Waals surface area contributed by atoms with Gasteiger partial charge < -0.3 is 10.2 Å². The highest BCUT2D eigenvalue weighted by molar-refractivity contribution is 7.89. The highest BCUT2D eigenvalue weighted by Crippen LogP contribution is 2.29. The van der Waals surface area contributed by atoms with Crippen molar-refractivity contribution in [1.29, 1.82) is 0 Å². The predicted octanol–water partition coefficient (Wildman–Crippen LogP) is 3.64. The Labute approximate surface area is 202 Å². The highest BCUT2D eigenvalue weighted by atomic mass is 32.2. The molecule has 2 saturated heterocycles. The van der Waals surface area contributed by atoms with E-state index in [4.69, 9.17) is 0 Å². The lowest BCUT2D eigenvalue weighted by Crippen LogP contribution is -2.48. The van der Waals surface area contributed by atoms with Crippen LogP contribution >= 0.6 is 0 Å². The molecule has 0 aliphatic carbocycles. The van der Waals surface area contributed by atoms with Gasteiger partial charge in [-0.3, -0.25) is 9.59 Å². The molecule has 1 N–H and O–H groups in total. The Morgan fingerprint density at radius 3 is 2.18 bits per heavy atom. The minimum absolute atomic E-state index is 0.0364. The second-order valence-electron chi connectivity index (χ2n) is 9.49. The van der Waals surface area contributed by atoms with Crippen LogP contribution in [0, 0.1) is 26.7 Å². The van der Waals surface area contributed by atoms with Gasteiger partial charge in [-0.1, -0.05) is 35.4 Å². The first-order valence-corrected chi connectivity index (χ1v) is 13.4. The number of anilines is 1. The molecule has 182 valence electrons. The highest BCUT2D eigenvalue weighted by Gasteiger charge is 2.39. The van der Waals surface area contributed by atoms with Gasteiger partial charge in [-0.15, -0.1) is 0 Å². The van der Waals surface area contributed by atoms with E-state index in [2.05, 4.69) is 5.32 Å². The summed E-state index contributed by atoms with van der Waals surface area (Å²) in [6, 6.07) is 12.2. The summed E-state index contributed by atoms with van der Waals surface area (Å²) < 4.78 is 27.4. The largest absolute Gasteiger partial charge is 0.330 e. The number of hydrogen-bond donors (Lipinski definition) is 1. The normalized spacial score (nSPS) is 19.9. The van der Waals surface area contributed by atoms with Crippen LogP contribution in [-0.4, -0.2) is 55.1 Å². The number of nitrogens with one attached hydrogen (secondary N) is 1. The van der Waals surface area contributed by atoms with E-state index in [0.717, 1.165) is 28.8 Å². The van der Waals surface area contributed by atoms with Gasteiger partial charge in [-0.25, -0.2) is 8.42 Å². The molecular formula is C26H33N3O4S. The van der Waals surface area contributed by atoms with Crippen LogP contribution in [0.25, 0.3) is 0 Å². The number of benzene rings is 2. The van der Waals surface area contributed by atoms with Crippen LogP contribution in [0.1, 0.15) is 42.4 Å². The van der Waals surface area contributed by atoms with Crippen molar-refractivity contribution in [2.45, 2.75) is 57.4 Å². The average Bonchev–Trinajstić information content (AvgIpc) is 3.31. The summed E-state index contributed by atoms with van der Waals surface area (Å²) >= 11 is 0. The van der Waals surface area contributed by atoms with Gasteiger partial charge in [0.25, 0.3) is 0 Å². The summed E-state index contributed by atoms with van der Waals surface area (Å²) in [5, 5.41) is 3.00. The summed E-state index contributed by atoms with van der Waals surface area (Å²) in [6.07, 6.45) is 2.36. The lowest BCUT2D eigenvalue weighted by Gasteiger charge is -2.34. The Kier molecular flexibility index (Phi) is 7.09. The molecule has 7 nitrogen and oxygen atoms in total. The van der Waals surface area contributed by atoms with E-state index in [-0.39, 0.29) is 22.6 Å². The number of rotatable bonds is 5. The number of amides is 2. The van der Waals surface area contributed by atoms with E-state index in [1.165, 1.54) is 4.31 Å². The first-order valence-electron chi connectivity index (χ1n) is 11.9. The second kappa shape index (κ2) is 9.88. The van der Waals surface area contributed by atoms with Gasteiger partial charge in [0.15, 0.2) is 0 Å². The van der Waals surface area contributed by atoms with Gasteiger partial charge in [0.1, 0.15) is 6.04 Å². The molecular weight excluding hydrogens is 450 g/mol. The molecule has 0 unspecified atom stereocenters. The van der Waals surface area contributed by atoms with Crippen molar-refractivity contribution < 1.29 is 18.0 Å². The monoisotopic (exact) mass is 483 g/mol. The minimum Gasteiger partial charge on any atom is -0.330 e. The van der Waals surface area contributed by atoms with Crippen molar-refractivity contribution in [2.24, 2.45) is 5.92 Å². The van der Waals surface area contributed by atoms with Gasteiger partial charge in [0.05, 0.1) is 4.90 Å². The summed E-state index contributed by atoms with van der Waals surface area (Å²) in [5.41, 5.74) is 3.89. The number of piperidine rings is 1. The zero-order chi connectivity index (χ0) is 24.5. The molecule has 1 atom stereocenters. The topological polar surface area (TPSA) is 86.8 Å². The van der Waals surface area contributed by atoms with E-state index in [1.807, 2.05) is 39.0 Å². The molecule has 0 bridgehead atoms. The van der Waals surface area contributed by atoms with Crippen molar-refractivity contribution in [1.82, 2.24) is 9.21 Å². The number of carbonyl (C=O) groups excluding carboxylic acids is 2. The first-order chi connectivity index (χ1) is 16.2. The molecule has 8 heteroatoms. The van der Waals surface area contributed by atoms with Gasteiger partial charge >= 0.3 is 0 Å². The molecule has 2 amide bonds. The van der Waals surface area contributed by atoms with Crippen LogP contribution in [0.5, 0.6) is 0 Å². The maximum atomic E-state index is 13.3. The maximum absolute atomic E-state index is 13.3. The predicted molar refractivity (Wildman–Crippen MR) is 132 cm³/mol. The van der Waals surface area contributed by atoms with Crippen molar-refractivity contribution in [2.75, 3.05) is 25.0 Å². The SMILES string of the molecule is Cc1ccc(S(=O)(=O)N2CCC(C(=O)N3CCC[C@H]3C(=O)Nc3ccc(C)cc3C)CC2)cc1. The van der Waals surface area contributed by atoms with E-state index in [9.17, 15) is 18.0 Å². The summed E-state index contributed by atoms with van der Waals surface area (Å²) in [6.45, 7) is 7.05. The van der Waals surface area contributed by atoms with Crippen LogP contribution in [0.2, 0.25) is 0 Å². The molecule has 0 radical (unpaired) electrons. The van der Waals surface area contributed by atoms with Gasteiger partial charge in [0, 0.05) is 31.2 Å². The molecule has 2 heterocycles. The smallest absolute Gasteiger partial charge is 0.247 e. The Morgan fingerprint density at radius 2 is 1.53 bits per heavy atom. The zero-order valence-corrected chi connectivity index (χ0v) is 20.9. The fourth-order valence-electron chi connectivity index (χ4n) is 4.91. The number of nitrogens with zero attached hydrogens (tertiary/aromatic N) is 2. The Morgan fingerprint density at radius 1 is 0.882 bits per heavy atom. The fourth-order valence-corrected chi connectivity index (χ4v) is 6.38. The van der Waals surface area contributed by atoms with Crippen molar-refractivity contribution in [3.63, 3.8) is 0 Å². The van der Waals surface area contributed by atoms with Crippen LogP contribution in [0.15, 0.2) is 47.4 Å². The van der Waals surface area contributed by atoms with E-state index < -0.39 is 16.1 Å². The second-order valence-corrected chi connectivity index (χ2v) is 11.4. The molecule has 2 fully saturated rings. The molecule has 2 aliphatic rings. The molecule has 2 aromatic carbocycles. The Balaban J connectivity index is 1.38. The zero-order valence-electron chi connectivity index (χ0n) is 20.1. The first kappa shape index (κ1) is 24.4. The van der Waals surface area contributed by atoms with Crippen LogP contribution in [0.4, 0.5) is 5.69 Å². The van der Waals surface area contributed by atoms with Crippen LogP contribution in [-0.2, 0) is 19.6 Å². The quantitative estimate of drug-likeness (QED) is 0.703. The molecule has 2 aliphatic heterocycles. The van der Waals surface area contributed by atoms with Crippen molar-refractivity contribution in [3.8, 4) is 0 Å². The number of sulfonamides is 1. The van der Waals surface area contributed by atoms with Gasteiger partial charge in [-0.2, -0.15) is 4.31 Å². The molecule has 0 saturated carbocycles. The number of hydrogen-bond acceptors (Lipinski definition) is 4. The van der Waals surface area contributed by atoms with E-state index in [0.29, 0.717) is 38.9 Å². The standard InChI is InChI=1S/C26H33N3O4S/c1-18-6-9-22(10-7-18)34(32,33)28-15-12-21(13-16-28)26(31)29-14-4-5-24(29)25(30)27-23-11-8-19(2)17-20(23)3/h6-11,17,21,24H,4-5,12-16H2,1-3H3,(H,27,30)/t24-/m0/s1. The fraction of sp³-hybridized carbons (Fsp3) is 0.462. The molecule has 4 rings (SSSR count). The average molecular weight is 484 g/mol. The van der Waals surface area contributed by atoms with Crippen LogP contribution < -0.4 is 5.32 Å². The van der Waals surface area contributed by atoms with Crippen molar-refractivity contribution in [3.05, 3.63) is 59.2 Å². The van der Waals surface area contributed by atoms with E-state index >= 15 is 0 Å². The molecule has 2 aromatic rings. The van der Waals surface area contributed by atoms with E-state index in [1.54, 1.807) is 29.2 Å². The maximum Gasteiger partial charge on any atom is 0.247 e. The number of aryl methyl sites for hydroxylation is 3. The van der Waals surface area contributed by atoms with Crippen molar-refractivity contribution >= 4 is 27.5 Å². The lowest BCUT2D eigenvalue weighted by atomic mass is 9.96. The van der Waals surface area contributed by atoms with Gasteiger partial charge in [0.2, 0.25) is 21.8 Å². The number of likely N-dealkylation sites (tertiary alicyclic amines) is 1. The molecule has 0 spiro atoms. The van der Waals surface area contributed by atoms with Gasteiger partial charge in [-0.05, 0) is 70.2 Å². The molecule has 0 aromatic heterocycles. The Bertz CT molecular complexity index is 1170. The third-order valence-electron chi connectivity index (χ3n) is 6.94. The Hall–Kier alpha value is -2.71. The third-order valence-corrected chi connectivity index (χ3v) is 8.85. The minimum atomic E-state index is -3.57. The third kappa shape index (κ3) is 5.03. The summed E-state index contributed by atoms with van der Waals surface area (Å²) in [7, 11) is -3.57. The summed E-state index contributed by atoms with van der Waals surface area (Å²) in [4.78, 5) is 28.3. The summed E-state index contributed by atoms with van der Waals surface area (Å²) in [5.74, 6) is -0.457. The number of carbonyl (C=O) groups is 2. The van der Waals surface area contributed by atoms with Crippen LogP contribution in [0.3, 0.4) is 0 Å².